The van der Waals surface area contributed by atoms with Crippen LogP contribution in [0.2, 0.25) is 5.82 Å². The van der Waals surface area contributed by atoms with Crippen LogP contribution in [0.25, 0.3) is 16.7 Å². The maximum Gasteiger partial charge on any atom is 0.105 e. The minimum atomic E-state index is 0.286. The summed E-state index contributed by atoms with van der Waals surface area (Å²) in [6, 6.07) is 8.60. The first-order chi connectivity index (χ1) is 14.0. The van der Waals surface area contributed by atoms with E-state index in [1.807, 2.05) is 5.57 Å². The molecule has 2 saturated carbocycles. The van der Waals surface area contributed by atoms with Gasteiger partial charge in [-0.15, -0.1) is 0 Å². The van der Waals surface area contributed by atoms with Crippen LogP contribution in [-0.4, -0.2) is 17.4 Å². The number of imidazole rings is 1. The van der Waals surface area contributed by atoms with Crippen LogP contribution in [0.15, 0.2) is 48.3 Å². The Balaban J connectivity index is 1.36. The number of allylic oxidation sites excluding steroid dienone is 4. The SMILES string of the molecule is BC1CC[C@@]2(C)C(=CCC3C2CC[C@]2(C)C(n4cnc5ccccc54)=CCC32)C1. The number of hydrogen-bond donors (Lipinski definition) is 0. The molecule has 4 aliphatic rings. The Morgan fingerprint density at radius 1 is 1.00 bits per heavy atom. The first-order valence-corrected chi connectivity index (χ1v) is 11.8. The molecule has 2 fully saturated rings. The van der Waals surface area contributed by atoms with Crippen LogP contribution in [-0.2, 0) is 0 Å². The van der Waals surface area contributed by atoms with Crippen LogP contribution in [0.5, 0.6) is 0 Å². The van der Waals surface area contributed by atoms with E-state index >= 15 is 0 Å². The second-order valence-corrected chi connectivity index (χ2v) is 11.0. The third kappa shape index (κ3) is 2.39. The molecule has 1 aromatic carbocycles. The Hall–Kier alpha value is -1.77. The van der Waals surface area contributed by atoms with Crippen LogP contribution >= 0.6 is 0 Å². The van der Waals surface area contributed by atoms with Gasteiger partial charge in [0.1, 0.15) is 14.2 Å². The fourth-order valence-electron chi connectivity index (χ4n) is 7.91. The highest BCUT2D eigenvalue weighted by Crippen LogP contribution is 2.66. The zero-order valence-corrected chi connectivity index (χ0v) is 18.2. The standard InChI is InChI=1S/C26H33BN2/c1-25-13-11-18(27)15-17(25)7-8-19-20-9-10-24(26(20,2)14-12-21(19)25)29-16-28-22-5-3-4-6-23(22)29/h3-7,10,16,18-21H,8-9,11-15,27H2,1-2H3/t18?,19?,20?,21?,25-,26-/m0/s1. The predicted octanol–water partition coefficient (Wildman–Crippen LogP) is 5.87. The number of benzene rings is 1. The molecule has 150 valence electrons. The summed E-state index contributed by atoms with van der Waals surface area (Å²) in [5.41, 5.74) is 6.47. The van der Waals surface area contributed by atoms with Crippen molar-refractivity contribution in [1.82, 2.24) is 9.55 Å². The van der Waals surface area contributed by atoms with Crippen molar-refractivity contribution in [3.05, 3.63) is 48.3 Å². The Morgan fingerprint density at radius 2 is 1.83 bits per heavy atom. The topological polar surface area (TPSA) is 17.8 Å². The molecule has 1 aromatic heterocycles. The summed E-state index contributed by atoms with van der Waals surface area (Å²) in [4.78, 5) is 4.70. The molecule has 0 saturated heterocycles. The van der Waals surface area contributed by atoms with Gasteiger partial charge in [0, 0.05) is 11.1 Å². The number of aromatic nitrogens is 2. The van der Waals surface area contributed by atoms with Gasteiger partial charge in [-0.3, -0.25) is 0 Å². The summed E-state index contributed by atoms with van der Waals surface area (Å²) in [6.45, 7) is 5.18. The number of para-hydroxylation sites is 2. The lowest BCUT2D eigenvalue weighted by atomic mass is 9.46. The highest BCUT2D eigenvalue weighted by molar-refractivity contribution is 6.11. The molecule has 0 bridgehead atoms. The Bertz CT molecular complexity index is 1030. The largest absolute Gasteiger partial charge is 0.302 e. The summed E-state index contributed by atoms with van der Waals surface area (Å²) in [5.74, 6) is 3.40. The van der Waals surface area contributed by atoms with Crippen molar-refractivity contribution in [3.63, 3.8) is 0 Å². The van der Waals surface area contributed by atoms with Crippen molar-refractivity contribution in [1.29, 1.82) is 0 Å². The van der Waals surface area contributed by atoms with E-state index in [1.165, 1.54) is 56.2 Å². The molecule has 6 rings (SSSR count). The van der Waals surface area contributed by atoms with E-state index in [4.69, 9.17) is 4.98 Å². The van der Waals surface area contributed by atoms with Crippen molar-refractivity contribution >= 4 is 24.6 Å². The number of rotatable bonds is 1. The van der Waals surface area contributed by atoms with Gasteiger partial charge >= 0.3 is 0 Å². The molecule has 0 aliphatic heterocycles. The molecule has 0 amide bonds. The van der Waals surface area contributed by atoms with Gasteiger partial charge < -0.3 is 4.57 Å². The lowest BCUT2D eigenvalue weighted by Gasteiger charge is -2.57. The van der Waals surface area contributed by atoms with Crippen LogP contribution < -0.4 is 0 Å². The number of hydrogen-bond acceptors (Lipinski definition) is 1. The van der Waals surface area contributed by atoms with Gasteiger partial charge in [0.15, 0.2) is 0 Å². The van der Waals surface area contributed by atoms with Crippen molar-refractivity contribution in [3.8, 4) is 0 Å². The molecule has 0 N–H and O–H groups in total. The van der Waals surface area contributed by atoms with Crippen LogP contribution in [0.4, 0.5) is 0 Å². The third-order valence-corrected chi connectivity index (χ3v) is 9.60. The van der Waals surface area contributed by atoms with Crippen molar-refractivity contribution in [2.75, 3.05) is 0 Å². The monoisotopic (exact) mass is 384 g/mol. The molecule has 6 atom stereocenters. The minimum Gasteiger partial charge on any atom is -0.302 e. The maximum atomic E-state index is 4.70. The van der Waals surface area contributed by atoms with E-state index in [-0.39, 0.29) is 5.41 Å². The van der Waals surface area contributed by atoms with E-state index in [0.29, 0.717) is 5.41 Å². The Labute approximate surface area is 175 Å². The number of fused-ring (bicyclic) bond motifs is 6. The summed E-state index contributed by atoms with van der Waals surface area (Å²) in [6.07, 6.45) is 16.8. The van der Waals surface area contributed by atoms with Gasteiger partial charge in [0.05, 0.1) is 11.0 Å². The summed E-state index contributed by atoms with van der Waals surface area (Å²) in [5, 5.41) is 0. The maximum absolute atomic E-state index is 4.70. The van der Waals surface area contributed by atoms with Crippen molar-refractivity contribution < 1.29 is 0 Å². The molecule has 4 aliphatic carbocycles. The van der Waals surface area contributed by atoms with Gasteiger partial charge in [-0.05, 0) is 73.8 Å². The van der Waals surface area contributed by atoms with E-state index in [0.717, 1.165) is 29.1 Å². The average Bonchev–Trinajstić information content (AvgIpc) is 3.29. The van der Waals surface area contributed by atoms with Crippen LogP contribution in [0.3, 0.4) is 0 Å². The lowest BCUT2D eigenvalue weighted by molar-refractivity contribution is -0.0111. The average molecular weight is 384 g/mol. The zero-order valence-electron chi connectivity index (χ0n) is 18.2. The zero-order chi connectivity index (χ0) is 19.8. The molecule has 2 nitrogen and oxygen atoms in total. The van der Waals surface area contributed by atoms with E-state index in [1.54, 1.807) is 0 Å². The van der Waals surface area contributed by atoms with Gasteiger partial charge in [0.25, 0.3) is 0 Å². The fourth-order valence-corrected chi connectivity index (χ4v) is 7.91. The Kier molecular flexibility index (Phi) is 3.81. The molecule has 1 heterocycles. The fraction of sp³-hybridized carbons (Fsp3) is 0.577. The molecule has 29 heavy (non-hydrogen) atoms. The first kappa shape index (κ1) is 18.0. The Morgan fingerprint density at radius 3 is 2.72 bits per heavy atom. The molecule has 2 aromatic rings. The summed E-state index contributed by atoms with van der Waals surface area (Å²) < 4.78 is 2.41. The van der Waals surface area contributed by atoms with Crippen LogP contribution in [0.1, 0.15) is 58.8 Å². The predicted molar refractivity (Wildman–Crippen MR) is 123 cm³/mol. The second kappa shape index (κ2) is 6.12. The van der Waals surface area contributed by atoms with Gasteiger partial charge in [-0.2, -0.15) is 0 Å². The molecular formula is C26H33BN2. The quantitative estimate of drug-likeness (QED) is 0.444. The summed E-state index contributed by atoms with van der Waals surface area (Å²) >= 11 is 0. The van der Waals surface area contributed by atoms with E-state index in [9.17, 15) is 0 Å². The minimum absolute atomic E-state index is 0.286. The van der Waals surface area contributed by atoms with E-state index in [2.05, 4.69) is 69.0 Å². The van der Waals surface area contributed by atoms with Crippen molar-refractivity contribution in [2.45, 2.75) is 64.6 Å². The molecule has 0 radical (unpaired) electrons. The second-order valence-electron chi connectivity index (χ2n) is 11.0. The smallest absolute Gasteiger partial charge is 0.105 e. The molecule has 3 heteroatoms. The van der Waals surface area contributed by atoms with Gasteiger partial charge in [-0.1, -0.05) is 55.9 Å². The number of nitrogens with zero attached hydrogens (tertiary/aromatic N) is 2. The van der Waals surface area contributed by atoms with Gasteiger partial charge in [-0.25, -0.2) is 4.98 Å². The van der Waals surface area contributed by atoms with Crippen molar-refractivity contribution in [2.24, 2.45) is 28.6 Å². The van der Waals surface area contributed by atoms with Gasteiger partial charge in [0.2, 0.25) is 0 Å². The highest BCUT2D eigenvalue weighted by atomic mass is 15.1. The molecule has 0 spiro atoms. The van der Waals surface area contributed by atoms with Crippen LogP contribution in [0, 0.1) is 28.6 Å². The highest BCUT2D eigenvalue weighted by Gasteiger charge is 2.56. The summed E-state index contributed by atoms with van der Waals surface area (Å²) in [7, 11) is 2.45. The lowest BCUT2D eigenvalue weighted by Crippen LogP contribution is -2.49. The van der Waals surface area contributed by atoms with E-state index < -0.39 is 0 Å². The normalized spacial score (nSPS) is 41.3. The molecule has 4 unspecified atom stereocenters. The first-order valence-electron chi connectivity index (χ1n) is 11.8. The molecular weight excluding hydrogens is 351 g/mol. The third-order valence-electron chi connectivity index (χ3n) is 9.60.